The van der Waals surface area contributed by atoms with Crippen LogP contribution in [0, 0.1) is 17.5 Å². The van der Waals surface area contributed by atoms with Crippen LogP contribution in [0.25, 0.3) is 32.7 Å². The molecule has 492 valence electrons. The molecule has 27 nitrogen and oxygen atoms in total. The number of hydrogen-bond donors (Lipinski definition) is 0. The first kappa shape index (κ1) is 70.8. The maximum atomic E-state index is 13.9. The molecule has 0 saturated heterocycles. The number of carbonyl (C=O) groups is 9. The fourth-order valence-electron chi connectivity index (χ4n) is 8.22. The lowest BCUT2D eigenvalue weighted by molar-refractivity contribution is -0.153. The van der Waals surface area contributed by atoms with Gasteiger partial charge in [-0.05, 0) is 61.5 Å². The molecule has 0 N–H and O–H groups in total. The van der Waals surface area contributed by atoms with Crippen LogP contribution in [0.3, 0.4) is 0 Å². The van der Waals surface area contributed by atoms with Gasteiger partial charge in [0, 0.05) is 58.0 Å². The summed E-state index contributed by atoms with van der Waals surface area (Å²) in [7, 11) is 6.48. The Hall–Kier alpha value is -9.61. The van der Waals surface area contributed by atoms with Gasteiger partial charge in [0.1, 0.15) is 37.4 Å². The molecule has 0 saturated carbocycles. The fourth-order valence-corrected chi connectivity index (χ4v) is 10.4. The summed E-state index contributed by atoms with van der Waals surface area (Å²) in [6, 6.07) is 11.8. The number of methoxy groups -OCH3 is 5. The molecule has 6 heterocycles. The molecule has 6 aromatic heterocycles. The highest BCUT2D eigenvalue weighted by Gasteiger charge is 2.26. The maximum absolute atomic E-state index is 13.9. The third-order valence-electron chi connectivity index (χ3n) is 12.6. The number of carbonyl (C=O) groups excluding carboxylic acids is 9. The predicted molar refractivity (Wildman–Crippen MR) is 323 cm³/mol. The largest absolute Gasteiger partial charge is 0.510 e. The molecule has 3 aromatic carbocycles. The second-order valence-corrected chi connectivity index (χ2v) is 21.1. The molecule has 9 rings (SSSR count). The van der Waals surface area contributed by atoms with E-state index in [1.54, 1.807) is 14.0 Å². The number of hydrogen-bond acceptors (Lipinski definition) is 27. The van der Waals surface area contributed by atoms with Crippen molar-refractivity contribution in [2.24, 2.45) is 0 Å². The fraction of sp³-hybridized carbons (Fsp3) is 0.300. The van der Waals surface area contributed by atoms with E-state index in [0.29, 0.717) is 59.1 Å². The summed E-state index contributed by atoms with van der Waals surface area (Å²) in [5.74, 6) is -6.01. The minimum Gasteiger partial charge on any atom is -0.467 e. The van der Waals surface area contributed by atoms with Gasteiger partial charge in [-0.2, -0.15) is 0 Å². The molecule has 0 aliphatic carbocycles. The van der Waals surface area contributed by atoms with Gasteiger partial charge in [-0.25, -0.2) is 56.9 Å². The van der Waals surface area contributed by atoms with Gasteiger partial charge in [0.2, 0.25) is 17.3 Å². The van der Waals surface area contributed by atoms with Crippen LogP contribution in [0.2, 0.25) is 0 Å². The number of esters is 5. The van der Waals surface area contributed by atoms with E-state index in [0.717, 1.165) is 34.0 Å². The van der Waals surface area contributed by atoms with Crippen molar-refractivity contribution in [3.8, 4) is 0 Å². The molecule has 0 atom stereocenters. The predicted octanol–water partition coefficient (Wildman–Crippen LogP) is 8.24. The molecule has 93 heavy (non-hydrogen) atoms. The first-order valence-electron chi connectivity index (χ1n) is 27.3. The summed E-state index contributed by atoms with van der Waals surface area (Å²) in [4.78, 5) is 120. The average molecular weight is 1350 g/mol. The molecule has 0 aliphatic heterocycles. The van der Waals surface area contributed by atoms with Crippen molar-refractivity contribution < 1.29 is 113 Å². The minimum atomic E-state index is -0.878. The summed E-state index contributed by atoms with van der Waals surface area (Å²) >= 11 is 2.98. The first-order chi connectivity index (χ1) is 44.8. The number of ketones is 3. The van der Waals surface area contributed by atoms with E-state index in [4.69, 9.17) is 37.9 Å². The van der Waals surface area contributed by atoms with Crippen molar-refractivity contribution in [3.63, 3.8) is 0 Å². The van der Waals surface area contributed by atoms with E-state index in [-0.39, 0.29) is 102 Å². The highest BCUT2D eigenvalue weighted by molar-refractivity contribution is 7.12. The van der Waals surface area contributed by atoms with Crippen molar-refractivity contribution >= 4 is 120 Å². The van der Waals surface area contributed by atoms with E-state index < -0.39 is 70.8 Å². The number of nitrogens with zero attached hydrogens (tertiary/aromatic N) is 6. The quantitative estimate of drug-likeness (QED) is 0.0184. The summed E-state index contributed by atoms with van der Waals surface area (Å²) in [6.45, 7) is 2.85. The van der Waals surface area contributed by atoms with Gasteiger partial charge in [0.15, 0.2) is 45.6 Å². The van der Waals surface area contributed by atoms with Crippen LogP contribution >= 0.6 is 34.0 Å². The van der Waals surface area contributed by atoms with E-state index in [1.807, 2.05) is 0 Å². The molecule has 0 radical (unpaired) electrons. The van der Waals surface area contributed by atoms with Crippen LogP contribution in [-0.2, 0) is 86.6 Å². The second kappa shape index (κ2) is 34.7. The van der Waals surface area contributed by atoms with Crippen molar-refractivity contribution in [1.29, 1.82) is 0 Å². The Morgan fingerprint density at radius 3 is 1.17 bits per heavy atom. The zero-order chi connectivity index (χ0) is 67.1. The minimum absolute atomic E-state index is 0.0142. The number of aromatic nitrogens is 6. The SMILES string of the molecule is CCOC(=O)OCn1cc(C(=O)c2nc(C(=O)OC)cs2)c2ccc(F)cc21.COC(=O)COCn1cc(C(=O)c2nc(C(=O)OC)cs2)c2ccc(F)cc21.COCCOCCOCCOCC(=O)OCn1cc(C(=O)c2nc(C(=O)OC)cs2)c2ccc(F)cc21. The number of benzene rings is 3. The number of fused-ring (bicyclic) bond motifs is 3. The smallest absolute Gasteiger partial charge is 0.467 e. The highest BCUT2D eigenvalue weighted by Crippen LogP contribution is 2.30. The molecule has 0 fully saturated rings. The molecule has 0 spiro atoms. The Kier molecular flexibility index (Phi) is 26.4. The van der Waals surface area contributed by atoms with Gasteiger partial charge in [-0.15, -0.1) is 34.0 Å². The summed E-state index contributed by atoms with van der Waals surface area (Å²) in [5, 5.41) is 5.89. The summed E-state index contributed by atoms with van der Waals surface area (Å²) in [6.07, 6.45) is 3.49. The van der Waals surface area contributed by atoms with Gasteiger partial charge >= 0.3 is 36.0 Å². The monoisotopic (exact) mass is 1350 g/mol. The summed E-state index contributed by atoms with van der Waals surface area (Å²) < 4.78 is 105. The van der Waals surface area contributed by atoms with E-state index in [1.165, 1.54) is 131 Å². The molecule has 33 heteroatoms. The van der Waals surface area contributed by atoms with E-state index in [2.05, 4.69) is 33.9 Å². The lowest BCUT2D eigenvalue weighted by Gasteiger charge is -2.08. The Morgan fingerprint density at radius 1 is 0.430 bits per heavy atom. The number of thiazole rings is 3. The van der Waals surface area contributed by atoms with Crippen molar-refractivity contribution in [3.05, 3.63) is 156 Å². The van der Waals surface area contributed by atoms with Crippen LogP contribution in [0.15, 0.2) is 89.3 Å². The van der Waals surface area contributed by atoms with E-state index in [9.17, 15) is 56.3 Å². The van der Waals surface area contributed by atoms with Crippen molar-refractivity contribution in [2.75, 3.05) is 95.0 Å². The lowest BCUT2D eigenvalue weighted by Crippen LogP contribution is -2.17. The molecular formula is C60H57F3N6O21S3. The Labute approximate surface area is 537 Å². The molecule has 0 bridgehead atoms. The van der Waals surface area contributed by atoms with Crippen LogP contribution in [0.4, 0.5) is 18.0 Å². The topological polar surface area (TPSA) is 318 Å². The number of halogens is 3. The third kappa shape index (κ3) is 19.0. The molecular weight excluding hydrogens is 1290 g/mol. The normalized spacial score (nSPS) is 10.9. The maximum Gasteiger partial charge on any atom is 0.510 e. The molecule has 0 aliphatic rings. The zero-order valence-electron chi connectivity index (χ0n) is 50.3. The molecule has 9 aromatic rings. The Morgan fingerprint density at radius 2 is 0.796 bits per heavy atom. The van der Waals surface area contributed by atoms with Gasteiger partial charge in [0.05, 0.1) is 108 Å². The summed E-state index contributed by atoms with van der Waals surface area (Å²) in [5.41, 5.74) is 1.91. The number of ether oxygens (including phenoxy) is 12. The van der Waals surface area contributed by atoms with Gasteiger partial charge < -0.3 is 70.5 Å². The Bertz CT molecular complexity index is 4150. The van der Waals surface area contributed by atoms with Crippen molar-refractivity contribution in [2.45, 2.75) is 27.1 Å². The van der Waals surface area contributed by atoms with Gasteiger partial charge in [0.25, 0.3) is 0 Å². The van der Waals surface area contributed by atoms with Gasteiger partial charge in [-0.3, -0.25) is 14.4 Å². The third-order valence-corrected chi connectivity index (χ3v) is 15.1. The second-order valence-electron chi connectivity index (χ2n) is 18.5. The highest BCUT2D eigenvalue weighted by atomic mass is 32.1. The van der Waals surface area contributed by atoms with Crippen molar-refractivity contribution in [1.82, 2.24) is 28.7 Å². The van der Waals surface area contributed by atoms with Crippen LogP contribution in [0.1, 0.15) is 84.5 Å². The molecule has 0 amide bonds. The van der Waals surface area contributed by atoms with Crippen LogP contribution < -0.4 is 0 Å². The van der Waals surface area contributed by atoms with Crippen LogP contribution in [-0.4, -0.2) is 177 Å². The zero-order valence-corrected chi connectivity index (χ0v) is 52.7. The lowest BCUT2D eigenvalue weighted by atomic mass is 10.1. The first-order valence-corrected chi connectivity index (χ1v) is 29.9. The van der Waals surface area contributed by atoms with E-state index >= 15 is 0 Å². The Balaban J connectivity index is 0.000000200. The molecule has 0 unspecified atom stereocenters. The van der Waals surface area contributed by atoms with Gasteiger partial charge in [-0.1, -0.05) is 0 Å². The average Bonchev–Trinajstić information content (AvgIpc) is 1.66. The number of rotatable bonds is 29. The van der Waals surface area contributed by atoms with Crippen LogP contribution in [0.5, 0.6) is 0 Å². The standard InChI is InChI=1S/C24H27FN2O9S.2C18H15FN2O6S/c1-31-5-6-33-7-8-34-9-10-35-13-21(28)36-15-27-12-18(17-4-3-16(25)11-20(17)27)22(29)23-26-19(14-37-23)24(30)32-2;1-25-15(22)7-27-9-21-6-12(11-4-3-10(19)5-14(11)21)16(23)17-20-13(8-28-17)18(24)26-2;1-3-26-18(24)27-9-21-7-12(11-5-4-10(19)6-14(11)21)15(22)16-20-13(8-28-16)17(23)25-2/h3-4,11-12,14H,5-10,13,15H2,1-2H3;3-6,8H,7,9H2,1-2H3;4-8H,3,9H2,1-2H3.